The number of aliphatic hydroxyl groups excluding tert-OH is 1. The molecule has 1 N–H and O–H groups in total. The summed E-state index contributed by atoms with van der Waals surface area (Å²) in [6, 6.07) is 0.507. The van der Waals surface area contributed by atoms with Crippen LogP contribution in [0.25, 0.3) is 0 Å². The van der Waals surface area contributed by atoms with Gasteiger partial charge in [-0.05, 0) is 38.1 Å². The highest BCUT2D eigenvalue weighted by Gasteiger charge is 2.35. The molecule has 2 heteroatoms. The molecular weight excluding hydrogens is 150 g/mol. The average Bonchev–Trinajstić information content (AvgIpc) is 2.02. The highest BCUT2D eigenvalue weighted by atomic mass is 16.3. The Bertz CT molecular complexity index is 160. The molecule has 0 radical (unpaired) electrons. The van der Waals surface area contributed by atoms with Crippen molar-refractivity contribution in [2.75, 3.05) is 13.1 Å². The Morgan fingerprint density at radius 3 is 2.58 bits per heavy atom. The number of piperidine rings is 1. The maximum Gasteiger partial charge on any atom is 0.0696 e. The number of nitrogens with zero attached hydrogens (tertiary/aromatic N) is 1. The van der Waals surface area contributed by atoms with E-state index in [1.807, 2.05) is 0 Å². The van der Waals surface area contributed by atoms with Gasteiger partial charge < -0.3 is 5.11 Å². The first-order valence-electron chi connectivity index (χ1n) is 5.19. The van der Waals surface area contributed by atoms with Crippen molar-refractivity contribution in [3.63, 3.8) is 0 Å². The molecule has 0 spiro atoms. The summed E-state index contributed by atoms with van der Waals surface area (Å²) in [5.74, 6) is 0.839. The molecule has 3 atom stereocenters. The lowest BCUT2D eigenvalue weighted by Gasteiger charge is -2.44. The molecule has 0 bridgehead atoms. The molecular formula is C10H19NO. The van der Waals surface area contributed by atoms with Crippen molar-refractivity contribution in [1.29, 1.82) is 0 Å². The summed E-state index contributed by atoms with van der Waals surface area (Å²) in [5.41, 5.74) is 0. The minimum Gasteiger partial charge on any atom is -0.391 e. The van der Waals surface area contributed by atoms with Gasteiger partial charge in [-0.25, -0.2) is 0 Å². The van der Waals surface area contributed by atoms with Crippen molar-refractivity contribution < 1.29 is 5.11 Å². The third kappa shape index (κ3) is 1.50. The third-order valence-electron chi connectivity index (χ3n) is 3.36. The average molecular weight is 169 g/mol. The summed E-state index contributed by atoms with van der Waals surface area (Å²) in [6.07, 6.45) is 4.92. The van der Waals surface area contributed by atoms with Crippen LogP contribution in [0.4, 0.5) is 0 Å². The maximum atomic E-state index is 9.50. The Labute approximate surface area is 74.6 Å². The van der Waals surface area contributed by atoms with E-state index in [1.54, 1.807) is 0 Å². The van der Waals surface area contributed by atoms with Crippen LogP contribution in [0.1, 0.15) is 32.6 Å². The van der Waals surface area contributed by atoms with E-state index in [-0.39, 0.29) is 6.10 Å². The monoisotopic (exact) mass is 169 g/mol. The Morgan fingerprint density at radius 1 is 1.25 bits per heavy atom. The van der Waals surface area contributed by atoms with Crippen LogP contribution in [0.2, 0.25) is 0 Å². The SMILES string of the molecule is CC1CCCN(C2CCC2O)C1. The molecule has 0 aromatic carbocycles. The number of aliphatic hydroxyl groups is 1. The Hall–Kier alpha value is -0.0800. The van der Waals surface area contributed by atoms with Crippen LogP contribution in [0.3, 0.4) is 0 Å². The van der Waals surface area contributed by atoms with Gasteiger partial charge in [0.05, 0.1) is 6.10 Å². The van der Waals surface area contributed by atoms with Crippen LogP contribution in [0.5, 0.6) is 0 Å². The van der Waals surface area contributed by atoms with E-state index in [0.29, 0.717) is 6.04 Å². The van der Waals surface area contributed by atoms with E-state index in [9.17, 15) is 5.11 Å². The van der Waals surface area contributed by atoms with Gasteiger partial charge in [-0.1, -0.05) is 6.92 Å². The van der Waals surface area contributed by atoms with Gasteiger partial charge >= 0.3 is 0 Å². The summed E-state index contributed by atoms with van der Waals surface area (Å²) in [5, 5.41) is 9.50. The van der Waals surface area contributed by atoms with Gasteiger partial charge in [-0.15, -0.1) is 0 Å². The molecule has 0 aromatic heterocycles. The van der Waals surface area contributed by atoms with Crippen molar-refractivity contribution in [1.82, 2.24) is 4.90 Å². The molecule has 12 heavy (non-hydrogen) atoms. The predicted octanol–water partition coefficient (Wildman–Crippen LogP) is 1.24. The van der Waals surface area contributed by atoms with Crippen molar-refractivity contribution in [3.8, 4) is 0 Å². The Balaban J connectivity index is 1.86. The molecule has 1 aliphatic carbocycles. The van der Waals surface area contributed by atoms with Gasteiger partial charge in [0.2, 0.25) is 0 Å². The lowest BCUT2D eigenvalue weighted by Crippen LogP contribution is -2.53. The lowest BCUT2D eigenvalue weighted by molar-refractivity contribution is -0.0355. The van der Waals surface area contributed by atoms with Crippen LogP contribution in [0.15, 0.2) is 0 Å². The van der Waals surface area contributed by atoms with E-state index in [1.165, 1.54) is 32.4 Å². The molecule has 1 aliphatic heterocycles. The summed E-state index contributed by atoms with van der Waals surface area (Å²) in [7, 11) is 0. The van der Waals surface area contributed by atoms with E-state index >= 15 is 0 Å². The van der Waals surface area contributed by atoms with Crippen LogP contribution in [0, 0.1) is 5.92 Å². The molecule has 2 fully saturated rings. The van der Waals surface area contributed by atoms with Crippen molar-refractivity contribution >= 4 is 0 Å². The predicted molar refractivity (Wildman–Crippen MR) is 49.0 cm³/mol. The van der Waals surface area contributed by atoms with Crippen molar-refractivity contribution in [3.05, 3.63) is 0 Å². The zero-order valence-electron chi connectivity index (χ0n) is 7.87. The first kappa shape index (κ1) is 8.52. The molecule has 3 unspecified atom stereocenters. The summed E-state index contributed by atoms with van der Waals surface area (Å²) in [6.45, 7) is 4.74. The standard InChI is InChI=1S/C10H19NO/c1-8-3-2-6-11(7-8)9-4-5-10(9)12/h8-10,12H,2-7H2,1H3. The fourth-order valence-electron chi connectivity index (χ4n) is 2.42. The highest BCUT2D eigenvalue weighted by molar-refractivity contribution is 4.90. The summed E-state index contributed by atoms with van der Waals surface area (Å²) >= 11 is 0. The second kappa shape index (κ2) is 3.35. The van der Waals surface area contributed by atoms with Gasteiger partial charge in [0.25, 0.3) is 0 Å². The number of hydrogen-bond donors (Lipinski definition) is 1. The minimum atomic E-state index is -0.0182. The molecule has 2 aliphatic rings. The van der Waals surface area contributed by atoms with Crippen LogP contribution in [-0.4, -0.2) is 35.2 Å². The Morgan fingerprint density at radius 2 is 2.08 bits per heavy atom. The van der Waals surface area contributed by atoms with Gasteiger partial charge in [-0.3, -0.25) is 4.90 Å². The second-order valence-electron chi connectivity index (χ2n) is 4.45. The zero-order valence-corrected chi connectivity index (χ0v) is 7.87. The van der Waals surface area contributed by atoms with Crippen LogP contribution < -0.4 is 0 Å². The van der Waals surface area contributed by atoms with Crippen LogP contribution >= 0.6 is 0 Å². The van der Waals surface area contributed by atoms with Crippen molar-refractivity contribution in [2.24, 2.45) is 5.92 Å². The lowest BCUT2D eigenvalue weighted by atomic mass is 9.85. The number of rotatable bonds is 1. The summed E-state index contributed by atoms with van der Waals surface area (Å²) in [4.78, 5) is 2.49. The van der Waals surface area contributed by atoms with Gasteiger partial charge in [0, 0.05) is 12.6 Å². The van der Waals surface area contributed by atoms with Crippen molar-refractivity contribution in [2.45, 2.75) is 44.8 Å². The molecule has 0 amide bonds. The van der Waals surface area contributed by atoms with E-state index in [2.05, 4.69) is 11.8 Å². The quantitative estimate of drug-likeness (QED) is 0.638. The van der Waals surface area contributed by atoms with E-state index < -0.39 is 0 Å². The molecule has 70 valence electrons. The van der Waals surface area contributed by atoms with Gasteiger partial charge in [0.15, 0.2) is 0 Å². The fourth-order valence-corrected chi connectivity index (χ4v) is 2.42. The van der Waals surface area contributed by atoms with Gasteiger partial charge in [-0.2, -0.15) is 0 Å². The highest BCUT2D eigenvalue weighted by Crippen LogP contribution is 2.29. The van der Waals surface area contributed by atoms with Gasteiger partial charge in [0.1, 0.15) is 0 Å². The first-order chi connectivity index (χ1) is 5.77. The largest absolute Gasteiger partial charge is 0.391 e. The molecule has 2 nitrogen and oxygen atoms in total. The number of likely N-dealkylation sites (tertiary alicyclic amines) is 1. The Kier molecular flexibility index (Phi) is 2.37. The molecule has 1 heterocycles. The van der Waals surface area contributed by atoms with E-state index in [4.69, 9.17) is 0 Å². The topological polar surface area (TPSA) is 23.5 Å². The molecule has 1 saturated carbocycles. The second-order valence-corrected chi connectivity index (χ2v) is 4.45. The van der Waals surface area contributed by atoms with Crippen LogP contribution in [-0.2, 0) is 0 Å². The molecule has 0 aromatic rings. The third-order valence-corrected chi connectivity index (χ3v) is 3.36. The zero-order chi connectivity index (χ0) is 8.55. The normalized spacial score (nSPS) is 44.0. The molecule has 2 rings (SSSR count). The van der Waals surface area contributed by atoms with E-state index in [0.717, 1.165) is 12.3 Å². The first-order valence-corrected chi connectivity index (χ1v) is 5.19. The minimum absolute atomic E-state index is 0.0182. The maximum absolute atomic E-state index is 9.50. The smallest absolute Gasteiger partial charge is 0.0696 e. The summed E-state index contributed by atoms with van der Waals surface area (Å²) < 4.78 is 0. The molecule has 1 saturated heterocycles. The fraction of sp³-hybridized carbons (Fsp3) is 1.00. The number of hydrogen-bond acceptors (Lipinski definition) is 2.